The molecular weight excluding hydrogens is 362 g/mol. The van der Waals surface area contributed by atoms with Gasteiger partial charge >= 0.3 is 14.2 Å². The van der Waals surface area contributed by atoms with Crippen molar-refractivity contribution < 1.29 is 18.6 Å². The lowest BCUT2D eigenvalue weighted by atomic mass is 9.69. The van der Waals surface area contributed by atoms with Gasteiger partial charge in [0.05, 0.1) is 0 Å². The molecule has 1 aliphatic carbocycles. The minimum atomic E-state index is -0.247. The second kappa shape index (κ2) is 7.92. The van der Waals surface area contributed by atoms with E-state index >= 15 is 0 Å². The predicted molar refractivity (Wildman–Crippen MR) is 117 cm³/mol. The Morgan fingerprint density at radius 1 is 0.690 bits per heavy atom. The highest BCUT2D eigenvalue weighted by atomic mass is 16.6. The molecule has 2 heterocycles. The summed E-state index contributed by atoms with van der Waals surface area (Å²) >= 11 is 0. The van der Waals surface area contributed by atoms with Gasteiger partial charge < -0.3 is 18.6 Å². The Kier molecular flexibility index (Phi) is 5.29. The van der Waals surface area contributed by atoms with Crippen molar-refractivity contribution in [2.45, 2.75) is 44.9 Å². The summed E-state index contributed by atoms with van der Waals surface area (Å²) in [6.45, 7) is 7.64. The molecule has 0 radical (unpaired) electrons. The minimum Gasteiger partial charge on any atom is -0.407 e. The van der Waals surface area contributed by atoms with Crippen molar-refractivity contribution in [1.29, 1.82) is 0 Å². The van der Waals surface area contributed by atoms with Gasteiger partial charge in [0.1, 0.15) is 0 Å². The van der Waals surface area contributed by atoms with Crippen molar-refractivity contribution in [1.82, 2.24) is 0 Å². The maximum Gasteiger partial charge on any atom is 0.493 e. The van der Waals surface area contributed by atoms with Crippen molar-refractivity contribution >= 4 is 25.2 Å². The van der Waals surface area contributed by atoms with Crippen LogP contribution in [-0.2, 0) is 24.0 Å². The normalized spacial score (nSPS) is 20.5. The highest BCUT2D eigenvalue weighted by molar-refractivity contribution is 6.62. The van der Waals surface area contributed by atoms with E-state index in [2.05, 4.69) is 50.2 Å². The SMILES string of the molecule is CCC1(CC)c2cc(B3OCCCO3)ccc2-c2ccc(B3OCCCO3)cc21. The fourth-order valence-electron chi connectivity index (χ4n) is 5.20. The summed E-state index contributed by atoms with van der Waals surface area (Å²) < 4.78 is 23.5. The minimum absolute atomic E-state index is 0.0000201. The number of benzene rings is 2. The fraction of sp³-hybridized carbons (Fsp3) is 0.478. The van der Waals surface area contributed by atoms with Crippen molar-refractivity contribution in [2.75, 3.05) is 26.4 Å². The monoisotopic (exact) mass is 390 g/mol. The first-order chi connectivity index (χ1) is 14.3. The molecule has 2 aromatic rings. The zero-order chi connectivity index (χ0) is 19.8. The van der Waals surface area contributed by atoms with E-state index in [1.54, 1.807) is 0 Å². The van der Waals surface area contributed by atoms with Gasteiger partial charge in [0.25, 0.3) is 0 Å². The molecule has 3 aliphatic rings. The number of fused-ring (bicyclic) bond motifs is 3. The molecule has 0 bridgehead atoms. The topological polar surface area (TPSA) is 36.9 Å². The molecule has 5 rings (SSSR count). The van der Waals surface area contributed by atoms with Gasteiger partial charge in [-0.15, -0.1) is 0 Å². The van der Waals surface area contributed by atoms with Crippen molar-refractivity contribution in [3.63, 3.8) is 0 Å². The average molecular weight is 390 g/mol. The van der Waals surface area contributed by atoms with Crippen LogP contribution in [0.4, 0.5) is 0 Å². The third kappa shape index (κ3) is 3.17. The maximum atomic E-state index is 5.88. The van der Waals surface area contributed by atoms with E-state index in [-0.39, 0.29) is 19.7 Å². The van der Waals surface area contributed by atoms with E-state index in [1.807, 2.05) is 0 Å². The van der Waals surface area contributed by atoms with Crippen LogP contribution >= 0.6 is 0 Å². The molecule has 6 heteroatoms. The van der Waals surface area contributed by atoms with E-state index < -0.39 is 0 Å². The van der Waals surface area contributed by atoms with E-state index in [0.29, 0.717) is 0 Å². The second-order valence-corrected chi connectivity index (χ2v) is 8.25. The molecule has 0 N–H and O–H groups in total. The van der Waals surface area contributed by atoms with Gasteiger partial charge in [-0.25, -0.2) is 0 Å². The van der Waals surface area contributed by atoms with Crippen molar-refractivity contribution in [2.24, 2.45) is 0 Å². The van der Waals surface area contributed by atoms with Crippen LogP contribution < -0.4 is 10.9 Å². The van der Waals surface area contributed by atoms with Crippen LogP contribution in [0, 0.1) is 0 Å². The molecule has 2 aromatic carbocycles. The first-order valence-electron chi connectivity index (χ1n) is 11.0. The molecule has 0 saturated carbocycles. The Balaban J connectivity index is 1.58. The van der Waals surface area contributed by atoms with Crippen LogP contribution in [0.5, 0.6) is 0 Å². The smallest absolute Gasteiger partial charge is 0.407 e. The Hall–Kier alpha value is -1.59. The van der Waals surface area contributed by atoms with Crippen molar-refractivity contribution in [3.8, 4) is 11.1 Å². The third-order valence-corrected chi connectivity index (χ3v) is 6.81. The molecule has 0 atom stereocenters. The summed E-state index contributed by atoms with van der Waals surface area (Å²) in [6, 6.07) is 13.5. The van der Waals surface area contributed by atoms with E-state index in [4.69, 9.17) is 18.6 Å². The van der Waals surface area contributed by atoms with Crippen LogP contribution in [0.25, 0.3) is 11.1 Å². The van der Waals surface area contributed by atoms with Gasteiger partial charge in [-0.2, -0.15) is 0 Å². The summed E-state index contributed by atoms with van der Waals surface area (Å²) in [4.78, 5) is 0. The third-order valence-electron chi connectivity index (χ3n) is 6.81. The molecule has 2 aliphatic heterocycles. The molecule has 150 valence electrons. The molecule has 2 fully saturated rings. The van der Waals surface area contributed by atoms with Crippen LogP contribution in [0.2, 0.25) is 0 Å². The summed E-state index contributed by atoms with van der Waals surface area (Å²) in [5.41, 5.74) is 7.72. The summed E-state index contributed by atoms with van der Waals surface area (Å²) in [5, 5.41) is 0. The van der Waals surface area contributed by atoms with Gasteiger partial charge in [-0.1, -0.05) is 50.2 Å². The summed E-state index contributed by atoms with van der Waals surface area (Å²) in [7, 11) is -0.493. The van der Waals surface area contributed by atoms with Crippen LogP contribution in [0.1, 0.15) is 50.7 Å². The molecule has 4 nitrogen and oxygen atoms in total. The lowest BCUT2D eigenvalue weighted by Crippen LogP contribution is -2.42. The van der Waals surface area contributed by atoms with Gasteiger partial charge in [0.2, 0.25) is 0 Å². The second-order valence-electron chi connectivity index (χ2n) is 8.25. The van der Waals surface area contributed by atoms with E-state index in [1.165, 1.54) is 22.3 Å². The molecular formula is C23H28B2O4. The van der Waals surface area contributed by atoms with Crippen LogP contribution in [0.3, 0.4) is 0 Å². The first-order valence-corrected chi connectivity index (χ1v) is 11.0. The Morgan fingerprint density at radius 3 is 1.48 bits per heavy atom. The Bertz CT molecular complexity index is 815. The highest BCUT2D eigenvalue weighted by Crippen LogP contribution is 2.52. The quantitative estimate of drug-likeness (QED) is 0.753. The standard InChI is InChI=1S/C23H28B2O4/c1-3-23(4-2)21-15-17(24-26-11-5-12-27-24)7-9-19(21)20-10-8-18(16-22(20)23)25-28-13-6-14-29-25/h7-10,15-16H,3-6,11-14H2,1-2H3. The van der Waals surface area contributed by atoms with Gasteiger partial charge in [0.15, 0.2) is 0 Å². The van der Waals surface area contributed by atoms with E-state index in [0.717, 1.165) is 63.0 Å². The molecule has 0 spiro atoms. The molecule has 29 heavy (non-hydrogen) atoms. The van der Waals surface area contributed by atoms with Gasteiger partial charge in [0, 0.05) is 31.8 Å². The zero-order valence-corrected chi connectivity index (χ0v) is 17.4. The number of hydrogen-bond donors (Lipinski definition) is 0. The number of rotatable bonds is 4. The summed E-state index contributed by atoms with van der Waals surface area (Å²) in [5.74, 6) is 0. The molecule has 0 amide bonds. The average Bonchev–Trinajstić information content (AvgIpc) is 3.09. The lowest BCUT2D eigenvalue weighted by molar-refractivity contribution is 0.143. The van der Waals surface area contributed by atoms with Crippen LogP contribution in [-0.4, -0.2) is 40.7 Å². The highest BCUT2D eigenvalue weighted by Gasteiger charge is 2.42. The number of hydrogen-bond acceptors (Lipinski definition) is 4. The lowest BCUT2D eigenvalue weighted by Gasteiger charge is -2.31. The molecule has 0 unspecified atom stereocenters. The van der Waals surface area contributed by atoms with Crippen LogP contribution in [0.15, 0.2) is 36.4 Å². The Labute approximate surface area is 174 Å². The van der Waals surface area contributed by atoms with Gasteiger partial charge in [-0.3, -0.25) is 0 Å². The fourth-order valence-corrected chi connectivity index (χ4v) is 5.20. The Morgan fingerprint density at radius 2 is 1.10 bits per heavy atom. The predicted octanol–water partition coefficient (Wildman–Crippen LogP) is 3.04. The zero-order valence-electron chi connectivity index (χ0n) is 17.4. The van der Waals surface area contributed by atoms with E-state index in [9.17, 15) is 0 Å². The maximum absolute atomic E-state index is 5.88. The molecule has 2 saturated heterocycles. The summed E-state index contributed by atoms with van der Waals surface area (Å²) in [6.07, 6.45) is 4.04. The van der Waals surface area contributed by atoms with Crippen molar-refractivity contribution in [3.05, 3.63) is 47.5 Å². The van der Waals surface area contributed by atoms with Gasteiger partial charge in [-0.05, 0) is 58.9 Å². The first kappa shape index (κ1) is 19.4. The largest absolute Gasteiger partial charge is 0.493 e. The molecule has 0 aromatic heterocycles.